The zero-order valence-electron chi connectivity index (χ0n) is 9.31. The van der Waals surface area contributed by atoms with Crippen molar-refractivity contribution in [3.63, 3.8) is 0 Å². The standard InChI is InChI=1S/C15H14S/c1-15(13-8-3-2-4-9-13)14-10-6-5-7-12(14)11-16-15/h2-10H,11H2,1H3. The highest BCUT2D eigenvalue weighted by Gasteiger charge is 2.36. The molecule has 2 aromatic carbocycles. The molecule has 16 heavy (non-hydrogen) atoms. The monoisotopic (exact) mass is 226 g/mol. The molecule has 0 N–H and O–H groups in total. The lowest BCUT2D eigenvalue weighted by Gasteiger charge is -2.25. The molecule has 0 amide bonds. The predicted octanol–water partition coefficient (Wildman–Crippen LogP) is 4.20. The van der Waals surface area contributed by atoms with Gasteiger partial charge in [0.2, 0.25) is 0 Å². The number of hydrogen-bond donors (Lipinski definition) is 0. The summed E-state index contributed by atoms with van der Waals surface area (Å²) >= 11 is 2.03. The molecule has 0 saturated heterocycles. The molecule has 0 spiro atoms. The van der Waals surface area contributed by atoms with E-state index in [9.17, 15) is 0 Å². The fraction of sp³-hybridized carbons (Fsp3) is 0.200. The van der Waals surface area contributed by atoms with Crippen molar-refractivity contribution in [1.82, 2.24) is 0 Å². The molecule has 0 saturated carbocycles. The maximum atomic E-state index is 2.33. The van der Waals surface area contributed by atoms with Crippen LogP contribution in [0.15, 0.2) is 54.6 Å². The van der Waals surface area contributed by atoms with E-state index >= 15 is 0 Å². The van der Waals surface area contributed by atoms with E-state index in [1.54, 1.807) is 0 Å². The van der Waals surface area contributed by atoms with Gasteiger partial charge in [0.25, 0.3) is 0 Å². The van der Waals surface area contributed by atoms with E-state index in [0.717, 1.165) is 5.75 Å². The Kier molecular flexibility index (Phi) is 2.29. The Morgan fingerprint density at radius 2 is 1.62 bits per heavy atom. The van der Waals surface area contributed by atoms with Crippen LogP contribution in [0.25, 0.3) is 0 Å². The average Bonchev–Trinajstić information content (AvgIpc) is 2.71. The fourth-order valence-corrected chi connectivity index (χ4v) is 3.76. The van der Waals surface area contributed by atoms with Crippen molar-refractivity contribution < 1.29 is 0 Å². The molecule has 1 atom stereocenters. The Balaban J connectivity index is 2.15. The lowest BCUT2D eigenvalue weighted by molar-refractivity contribution is 0.850. The third kappa shape index (κ3) is 1.39. The van der Waals surface area contributed by atoms with Crippen molar-refractivity contribution in [2.45, 2.75) is 17.4 Å². The number of fused-ring (bicyclic) bond motifs is 1. The van der Waals surface area contributed by atoms with Gasteiger partial charge in [0.05, 0.1) is 4.75 Å². The fourth-order valence-electron chi connectivity index (χ4n) is 2.41. The second kappa shape index (κ2) is 3.67. The Morgan fingerprint density at radius 3 is 2.44 bits per heavy atom. The van der Waals surface area contributed by atoms with Gasteiger partial charge in [-0.15, -0.1) is 11.8 Å². The van der Waals surface area contributed by atoms with E-state index in [0.29, 0.717) is 0 Å². The molecular weight excluding hydrogens is 212 g/mol. The molecule has 1 unspecified atom stereocenters. The number of thioether (sulfide) groups is 1. The minimum atomic E-state index is 0.137. The molecule has 0 fully saturated rings. The molecule has 0 bridgehead atoms. The first kappa shape index (κ1) is 9.98. The molecule has 0 aromatic heterocycles. The summed E-state index contributed by atoms with van der Waals surface area (Å²) in [6, 6.07) is 19.6. The van der Waals surface area contributed by atoms with Gasteiger partial charge in [0.15, 0.2) is 0 Å². The first-order valence-electron chi connectivity index (χ1n) is 5.58. The van der Waals surface area contributed by atoms with Crippen LogP contribution < -0.4 is 0 Å². The smallest absolute Gasteiger partial charge is 0.0635 e. The van der Waals surface area contributed by atoms with Gasteiger partial charge in [-0.1, -0.05) is 54.6 Å². The second-order valence-electron chi connectivity index (χ2n) is 4.35. The highest BCUT2D eigenvalue weighted by atomic mass is 32.2. The highest BCUT2D eigenvalue weighted by Crippen LogP contribution is 2.50. The van der Waals surface area contributed by atoms with Gasteiger partial charge in [-0.05, 0) is 23.6 Å². The summed E-state index contributed by atoms with van der Waals surface area (Å²) in [6.07, 6.45) is 0. The molecule has 1 heterocycles. The van der Waals surface area contributed by atoms with E-state index in [1.807, 2.05) is 11.8 Å². The van der Waals surface area contributed by atoms with Crippen LogP contribution in [0.3, 0.4) is 0 Å². The van der Waals surface area contributed by atoms with Crippen molar-refractivity contribution in [2.24, 2.45) is 0 Å². The van der Waals surface area contributed by atoms with Crippen molar-refractivity contribution in [3.05, 3.63) is 71.3 Å². The number of rotatable bonds is 1. The molecule has 1 aliphatic heterocycles. The maximum Gasteiger partial charge on any atom is 0.0635 e. The lowest BCUT2D eigenvalue weighted by Crippen LogP contribution is -2.15. The van der Waals surface area contributed by atoms with Crippen LogP contribution in [0.5, 0.6) is 0 Å². The van der Waals surface area contributed by atoms with Crippen molar-refractivity contribution in [1.29, 1.82) is 0 Å². The van der Waals surface area contributed by atoms with Gasteiger partial charge in [0, 0.05) is 5.75 Å². The molecule has 3 rings (SSSR count). The quantitative estimate of drug-likeness (QED) is 0.702. The van der Waals surface area contributed by atoms with E-state index in [4.69, 9.17) is 0 Å². The zero-order chi connectivity index (χ0) is 11.0. The van der Waals surface area contributed by atoms with E-state index in [1.165, 1.54) is 16.7 Å². The second-order valence-corrected chi connectivity index (χ2v) is 5.74. The van der Waals surface area contributed by atoms with Crippen LogP contribution in [0.2, 0.25) is 0 Å². The minimum Gasteiger partial charge on any atom is -0.141 e. The van der Waals surface area contributed by atoms with Gasteiger partial charge in [-0.2, -0.15) is 0 Å². The molecule has 0 nitrogen and oxygen atoms in total. The molecule has 1 aliphatic rings. The van der Waals surface area contributed by atoms with E-state index in [2.05, 4.69) is 61.5 Å². The summed E-state index contributed by atoms with van der Waals surface area (Å²) in [6.45, 7) is 2.33. The zero-order valence-corrected chi connectivity index (χ0v) is 10.1. The third-order valence-corrected chi connectivity index (χ3v) is 4.86. The highest BCUT2D eigenvalue weighted by molar-refractivity contribution is 8.00. The SMILES string of the molecule is CC1(c2ccccc2)SCc2ccccc21. The van der Waals surface area contributed by atoms with Crippen LogP contribution >= 0.6 is 11.8 Å². The Hall–Kier alpha value is -1.21. The summed E-state index contributed by atoms with van der Waals surface area (Å²) in [5.41, 5.74) is 4.37. The molecular formula is C15H14S. The average molecular weight is 226 g/mol. The molecule has 1 heteroatoms. The van der Waals surface area contributed by atoms with E-state index in [-0.39, 0.29) is 4.75 Å². The Morgan fingerprint density at radius 1 is 0.938 bits per heavy atom. The number of benzene rings is 2. The number of hydrogen-bond acceptors (Lipinski definition) is 1. The molecule has 0 aliphatic carbocycles. The van der Waals surface area contributed by atoms with Gasteiger partial charge in [-0.3, -0.25) is 0 Å². The Bertz CT molecular complexity index is 504. The van der Waals surface area contributed by atoms with Gasteiger partial charge >= 0.3 is 0 Å². The third-order valence-electron chi connectivity index (χ3n) is 3.37. The van der Waals surface area contributed by atoms with Gasteiger partial charge in [0.1, 0.15) is 0 Å². The normalized spacial score (nSPS) is 23.1. The van der Waals surface area contributed by atoms with Crippen LogP contribution in [0, 0.1) is 0 Å². The van der Waals surface area contributed by atoms with Crippen LogP contribution in [0.4, 0.5) is 0 Å². The topological polar surface area (TPSA) is 0 Å². The van der Waals surface area contributed by atoms with Crippen LogP contribution in [0.1, 0.15) is 23.6 Å². The molecule has 0 radical (unpaired) electrons. The lowest BCUT2D eigenvalue weighted by atomic mass is 9.90. The summed E-state index contributed by atoms with van der Waals surface area (Å²) in [7, 11) is 0. The first-order valence-corrected chi connectivity index (χ1v) is 6.57. The van der Waals surface area contributed by atoms with Crippen molar-refractivity contribution >= 4 is 11.8 Å². The Labute approximate surface area is 101 Å². The van der Waals surface area contributed by atoms with Gasteiger partial charge < -0.3 is 0 Å². The van der Waals surface area contributed by atoms with E-state index < -0.39 is 0 Å². The summed E-state index contributed by atoms with van der Waals surface area (Å²) in [5, 5.41) is 0. The maximum absolute atomic E-state index is 2.33. The van der Waals surface area contributed by atoms with Crippen LogP contribution in [-0.2, 0) is 10.5 Å². The largest absolute Gasteiger partial charge is 0.141 e. The molecule has 2 aromatic rings. The molecule has 80 valence electrons. The first-order chi connectivity index (χ1) is 7.81. The summed E-state index contributed by atoms with van der Waals surface area (Å²) in [5.74, 6) is 1.13. The summed E-state index contributed by atoms with van der Waals surface area (Å²) < 4.78 is 0.137. The van der Waals surface area contributed by atoms with Gasteiger partial charge in [-0.25, -0.2) is 0 Å². The predicted molar refractivity (Wildman–Crippen MR) is 70.6 cm³/mol. The van der Waals surface area contributed by atoms with Crippen molar-refractivity contribution in [2.75, 3.05) is 0 Å². The summed E-state index contributed by atoms with van der Waals surface area (Å²) in [4.78, 5) is 0. The minimum absolute atomic E-state index is 0.137. The van der Waals surface area contributed by atoms with Crippen LogP contribution in [-0.4, -0.2) is 0 Å². The van der Waals surface area contributed by atoms with Crippen molar-refractivity contribution in [3.8, 4) is 0 Å².